The van der Waals surface area contributed by atoms with E-state index in [-0.39, 0.29) is 0 Å². The summed E-state index contributed by atoms with van der Waals surface area (Å²) in [5.74, 6) is 2.62. The van der Waals surface area contributed by atoms with Crippen molar-refractivity contribution in [2.75, 3.05) is 50.1 Å². The topological polar surface area (TPSA) is 39.7 Å². The molecule has 1 unspecified atom stereocenters. The minimum atomic E-state index is 0.632. The van der Waals surface area contributed by atoms with Crippen molar-refractivity contribution in [2.24, 2.45) is 10.9 Å². The number of aliphatic imine (C=N–C) groups is 1. The van der Waals surface area contributed by atoms with Gasteiger partial charge in [-0.05, 0) is 43.2 Å². The Bertz CT molecular complexity index is 535. The van der Waals surface area contributed by atoms with Crippen molar-refractivity contribution < 1.29 is 0 Å². The first-order chi connectivity index (χ1) is 11.1. The smallest absolute Gasteiger partial charge is 0.191 e. The van der Waals surface area contributed by atoms with E-state index >= 15 is 0 Å². The van der Waals surface area contributed by atoms with Crippen LogP contribution in [-0.2, 0) is 0 Å². The highest BCUT2D eigenvalue weighted by atomic mass is 35.5. The van der Waals surface area contributed by atoms with Gasteiger partial charge in [-0.1, -0.05) is 17.7 Å². The lowest BCUT2D eigenvalue weighted by molar-refractivity contribution is 0.566. The van der Waals surface area contributed by atoms with E-state index < -0.39 is 0 Å². The molecule has 0 aliphatic carbocycles. The fraction of sp³-hybridized carbons (Fsp3) is 0.588. The number of anilines is 1. The molecule has 1 aliphatic heterocycles. The van der Waals surface area contributed by atoms with Crippen molar-refractivity contribution in [3.63, 3.8) is 0 Å². The SMILES string of the molecule is CN=C(NCCSC)NCC1CCN(c2cc(Cl)ccc2C)C1. The predicted molar refractivity (Wildman–Crippen MR) is 104 cm³/mol. The van der Waals surface area contributed by atoms with Gasteiger partial charge in [-0.3, -0.25) is 4.99 Å². The Morgan fingerprint density at radius 1 is 1.43 bits per heavy atom. The van der Waals surface area contributed by atoms with Crippen molar-refractivity contribution in [3.05, 3.63) is 28.8 Å². The zero-order chi connectivity index (χ0) is 16.7. The highest BCUT2D eigenvalue weighted by Gasteiger charge is 2.23. The summed E-state index contributed by atoms with van der Waals surface area (Å²) in [6, 6.07) is 6.14. The highest BCUT2D eigenvalue weighted by molar-refractivity contribution is 7.98. The molecule has 1 atom stereocenters. The lowest BCUT2D eigenvalue weighted by atomic mass is 10.1. The van der Waals surface area contributed by atoms with E-state index in [9.17, 15) is 0 Å². The number of nitrogens with zero attached hydrogens (tertiary/aromatic N) is 2. The van der Waals surface area contributed by atoms with Gasteiger partial charge in [0.15, 0.2) is 5.96 Å². The van der Waals surface area contributed by atoms with Crippen LogP contribution < -0.4 is 15.5 Å². The summed E-state index contributed by atoms with van der Waals surface area (Å²) in [6.45, 7) is 6.20. The first-order valence-electron chi connectivity index (χ1n) is 8.08. The second-order valence-corrected chi connectivity index (χ2v) is 7.33. The molecule has 1 saturated heterocycles. The van der Waals surface area contributed by atoms with Crippen LogP contribution in [0.3, 0.4) is 0 Å². The van der Waals surface area contributed by atoms with Crippen molar-refractivity contribution >= 4 is 35.0 Å². The summed E-state index contributed by atoms with van der Waals surface area (Å²) in [4.78, 5) is 6.72. The van der Waals surface area contributed by atoms with Crippen LogP contribution in [0.1, 0.15) is 12.0 Å². The Kier molecular flexibility index (Phi) is 7.37. The normalized spacial score (nSPS) is 18.3. The van der Waals surface area contributed by atoms with Crippen LogP contribution >= 0.6 is 23.4 Å². The molecule has 1 aromatic rings. The van der Waals surface area contributed by atoms with Gasteiger partial charge in [0.05, 0.1) is 0 Å². The molecule has 1 aromatic carbocycles. The zero-order valence-electron chi connectivity index (χ0n) is 14.2. The number of thioether (sulfide) groups is 1. The number of benzene rings is 1. The Hall–Kier alpha value is -1.07. The van der Waals surface area contributed by atoms with Crippen LogP contribution in [0.5, 0.6) is 0 Å². The van der Waals surface area contributed by atoms with Crippen molar-refractivity contribution in [3.8, 4) is 0 Å². The first kappa shape index (κ1) is 18.3. The largest absolute Gasteiger partial charge is 0.371 e. The molecule has 2 N–H and O–H groups in total. The fourth-order valence-corrected chi connectivity index (χ4v) is 3.35. The van der Waals surface area contributed by atoms with Crippen molar-refractivity contribution in [1.29, 1.82) is 0 Å². The summed E-state index contributed by atoms with van der Waals surface area (Å²) in [5, 5.41) is 7.60. The molecule has 4 nitrogen and oxygen atoms in total. The highest BCUT2D eigenvalue weighted by Crippen LogP contribution is 2.29. The summed E-state index contributed by atoms with van der Waals surface area (Å²) >= 11 is 7.98. The Morgan fingerprint density at radius 3 is 3.00 bits per heavy atom. The minimum Gasteiger partial charge on any atom is -0.371 e. The Labute approximate surface area is 149 Å². The molecule has 2 rings (SSSR count). The molecule has 0 amide bonds. The van der Waals surface area contributed by atoms with E-state index in [1.54, 1.807) is 0 Å². The molecule has 1 heterocycles. The summed E-state index contributed by atoms with van der Waals surface area (Å²) in [5.41, 5.74) is 2.56. The van der Waals surface area contributed by atoms with E-state index in [4.69, 9.17) is 11.6 Å². The number of nitrogens with one attached hydrogen (secondary N) is 2. The third kappa shape index (κ3) is 5.50. The minimum absolute atomic E-state index is 0.632. The van der Waals surface area contributed by atoms with Crippen LogP contribution in [0, 0.1) is 12.8 Å². The predicted octanol–water partition coefficient (Wildman–Crippen LogP) is 3.00. The second-order valence-electron chi connectivity index (χ2n) is 5.90. The molecule has 1 aliphatic rings. The van der Waals surface area contributed by atoms with Crippen LogP contribution in [0.4, 0.5) is 5.69 Å². The van der Waals surface area contributed by atoms with Gasteiger partial charge in [0, 0.05) is 49.7 Å². The fourth-order valence-electron chi connectivity index (χ4n) is 2.87. The maximum atomic E-state index is 6.15. The Balaban J connectivity index is 1.82. The van der Waals surface area contributed by atoms with Gasteiger partial charge in [0.2, 0.25) is 0 Å². The van der Waals surface area contributed by atoms with Gasteiger partial charge in [-0.2, -0.15) is 11.8 Å². The van der Waals surface area contributed by atoms with Gasteiger partial charge in [-0.25, -0.2) is 0 Å². The maximum Gasteiger partial charge on any atom is 0.191 e. The van der Waals surface area contributed by atoms with Gasteiger partial charge >= 0.3 is 0 Å². The molecule has 0 spiro atoms. The molecule has 6 heteroatoms. The maximum absolute atomic E-state index is 6.15. The molecule has 0 saturated carbocycles. The number of aryl methyl sites for hydroxylation is 1. The quantitative estimate of drug-likeness (QED) is 0.468. The lowest BCUT2D eigenvalue weighted by Crippen LogP contribution is -2.41. The van der Waals surface area contributed by atoms with Gasteiger partial charge in [0.1, 0.15) is 0 Å². The van der Waals surface area contributed by atoms with Gasteiger partial charge in [-0.15, -0.1) is 0 Å². The first-order valence-corrected chi connectivity index (χ1v) is 9.85. The van der Waals surface area contributed by atoms with Crippen LogP contribution in [0.2, 0.25) is 5.02 Å². The zero-order valence-corrected chi connectivity index (χ0v) is 15.8. The average molecular weight is 355 g/mol. The number of hydrogen-bond acceptors (Lipinski definition) is 3. The molecular weight excluding hydrogens is 328 g/mol. The van der Waals surface area contributed by atoms with E-state index in [0.717, 1.165) is 42.9 Å². The Morgan fingerprint density at radius 2 is 2.26 bits per heavy atom. The standard InChI is InChI=1S/C17H27ClN4S/c1-13-4-5-15(18)10-16(13)22-8-6-14(12-22)11-21-17(19-2)20-7-9-23-3/h4-5,10,14H,6-9,11-12H2,1-3H3,(H2,19,20,21). The van der Waals surface area contributed by atoms with E-state index in [1.807, 2.05) is 24.9 Å². The van der Waals surface area contributed by atoms with E-state index in [2.05, 4.69) is 45.8 Å². The number of hydrogen-bond donors (Lipinski definition) is 2. The van der Waals surface area contributed by atoms with Crippen LogP contribution in [0.15, 0.2) is 23.2 Å². The molecular formula is C17H27ClN4S. The third-order valence-electron chi connectivity index (χ3n) is 4.18. The molecule has 1 fully saturated rings. The van der Waals surface area contributed by atoms with Crippen molar-refractivity contribution in [1.82, 2.24) is 10.6 Å². The summed E-state index contributed by atoms with van der Waals surface area (Å²) in [7, 11) is 1.82. The summed E-state index contributed by atoms with van der Waals surface area (Å²) < 4.78 is 0. The molecule has 0 aromatic heterocycles. The van der Waals surface area contributed by atoms with Gasteiger partial charge < -0.3 is 15.5 Å². The molecule has 0 bridgehead atoms. The molecule has 128 valence electrons. The van der Waals surface area contributed by atoms with Crippen LogP contribution in [-0.4, -0.2) is 51.2 Å². The number of guanidine groups is 1. The monoisotopic (exact) mass is 354 g/mol. The molecule has 0 radical (unpaired) electrons. The number of rotatable bonds is 6. The summed E-state index contributed by atoms with van der Waals surface area (Å²) in [6.07, 6.45) is 3.31. The van der Waals surface area contributed by atoms with Gasteiger partial charge in [0.25, 0.3) is 0 Å². The van der Waals surface area contributed by atoms with E-state index in [0.29, 0.717) is 5.92 Å². The van der Waals surface area contributed by atoms with Crippen LogP contribution in [0.25, 0.3) is 0 Å². The van der Waals surface area contributed by atoms with E-state index in [1.165, 1.54) is 17.7 Å². The second kappa shape index (κ2) is 9.28. The average Bonchev–Trinajstić information content (AvgIpc) is 3.02. The third-order valence-corrected chi connectivity index (χ3v) is 5.03. The molecule has 23 heavy (non-hydrogen) atoms. The number of halogens is 1. The lowest BCUT2D eigenvalue weighted by Gasteiger charge is -2.21. The van der Waals surface area contributed by atoms with Crippen molar-refractivity contribution in [2.45, 2.75) is 13.3 Å².